The minimum absolute atomic E-state index is 0.0420. The van der Waals surface area contributed by atoms with Crippen molar-refractivity contribution in [3.8, 4) is 0 Å². The molecule has 6 heteroatoms. The zero-order chi connectivity index (χ0) is 25.0. The van der Waals surface area contributed by atoms with E-state index >= 15 is 0 Å². The molecule has 0 aromatic heterocycles. The van der Waals surface area contributed by atoms with Crippen molar-refractivity contribution in [2.24, 2.45) is 23.2 Å². The molecule has 1 unspecified atom stereocenters. The van der Waals surface area contributed by atoms with Crippen LogP contribution in [-0.4, -0.2) is 35.2 Å². The van der Waals surface area contributed by atoms with Gasteiger partial charge >= 0.3 is 0 Å². The van der Waals surface area contributed by atoms with Crippen LogP contribution >= 0.6 is 11.6 Å². The molecule has 1 atom stereocenters. The summed E-state index contributed by atoms with van der Waals surface area (Å²) in [6.45, 7) is 2.38. The molecule has 4 saturated carbocycles. The van der Waals surface area contributed by atoms with Crippen LogP contribution in [0.4, 0.5) is 5.69 Å². The maximum absolute atomic E-state index is 14.4. The van der Waals surface area contributed by atoms with Gasteiger partial charge in [0.2, 0.25) is 11.8 Å². The second-order valence-corrected chi connectivity index (χ2v) is 12.1. The van der Waals surface area contributed by atoms with Gasteiger partial charge in [-0.2, -0.15) is 0 Å². The molecule has 0 radical (unpaired) electrons. The number of nitrogens with zero attached hydrogens (tertiary/aromatic N) is 2. The monoisotopic (exact) mass is 504 g/mol. The van der Waals surface area contributed by atoms with Crippen molar-refractivity contribution in [3.05, 3.63) is 64.7 Å². The van der Waals surface area contributed by atoms with Crippen LogP contribution in [0.25, 0.3) is 0 Å². The fraction of sp³-hybridized carbons (Fsp3) is 0.500. The van der Waals surface area contributed by atoms with Gasteiger partial charge in [0, 0.05) is 11.6 Å². The molecule has 5 aliphatic rings. The van der Waals surface area contributed by atoms with E-state index in [0.717, 1.165) is 30.4 Å². The number of aryl methyl sites for hydroxylation is 1. The van der Waals surface area contributed by atoms with Crippen LogP contribution in [0.5, 0.6) is 0 Å². The Morgan fingerprint density at radius 2 is 1.64 bits per heavy atom. The van der Waals surface area contributed by atoms with Gasteiger partial charge in [-0.15, -0.1) is 0 Å². The molecule has 188 valence electrons. The molecule has 36 heavy (non-hydrogen) atoms. The maximum atomic E-state index is 14.4. The smallest absolute Gasteiger partial charge is 0.257 e. The third-order valence-electron chi connectivity index (χ3n) is 9.07. The lowest BCUT2D eigenvalue weighted by atomic mass is 9.49. The Bertz CT molecular complexity index is 1170. The lowest BCUT2D eigenvalue weighted by Crippen LogP contribution is -2.58. The molecule has 1 saturated heterocycles. The van der Waals surface area contributed by atoms with Crippen LogP contribution in [0.15, 0.2) is 48.5 Å². The van der Waals surface area contributed by atoms with Gasteiger partial charge < -0.3 is 4.90 Å². The molecular formula is C30H33ClN2O3. The number of halogens is 1. The molecule has 5 fully saturated rings. The van der Waals surface area contributed by atoms with Gasteiger partial charge in [-0.05, 0) is 99.5 Å². The van der Waals surface area contributed by atoms with E-state index < -0.39 is 6.04 Å². The molecular weight excluding hydrogens is 472 g/mol. The first-order chi connectivity index (χ1) is 17.3. The number of amides is 3. The Morgan fingerprint density at radius 3 is 2.25 bits per heavy atom. The average Bonchev–Trinajstić information content (AvgIpc) is 3.12. The topological polar surface area (TPSA) is 57.7 Å². The Balaban J connectivity index is 1.31. The van der Waals surface area contributed by atoms with Gasteiger partial charge in [0.25, 0.3) is 5.91 Å². The van der Waals surface area contributed by atoms with Gasteiger partial charge in [0.05, 0.1) is 17.5 Å². The van der Waals surface area contributed by atoms with Gasteiger partial charge in [-0.1, -0.05) is 41.4 Å². The molecule has 0 N–H and O–H groups in total. The molecule has 2 aromatic rings. The quantitative estimate of drug-likeness (QED) is 0.483. The van der Waals surface area contributed by atoms with E-state index in [2.05, 4.69) is 0 Å². The molecule has 7 rings (SSSR count). The first-order valence-corrected chi connectivity index (χ1v) is 13.7. The SMILES string of the molecule is Cc1ccc(N2C(=O)CC(N(CCc3cccc(Cl)c3)C(=O)C34CC5CC(CC(C5)C3)C4)C2=O)cc1. The maximum Gasteiger partial charge on any atom is 0.257 e. The van der Waals surface area contributed by atoms with Crippen molar-refractivity contribution in [2.75, 3.05) is 11.4 Å². The van der Waals surface area contributed by atoms with Crippen LogP contribution < -0.4 is 4.90 Å². The fourth-order valence-electron chi connectivity index (χ4n) is 7.84. The lowest BCUT2D eigenvalue weighted by Gasteiger charge is -2.57. The Hall–Kier alpha value is -2.66. The van der Waals surface area contributed by atoms with Gasteiger partial charge in [0.15, 0.2) is 0 Å². The van der Waals surface area contributed by atoms with Crippen LogP contribution in [0.1, 0.15) is 56.1 Å². The average molecular weight is 505 g/mol. The van der Waals surface area contributed by atoms with Gasteiger partial charge in [-0.25, -0.2) is 4.90 Å². The van der Waals surface area contributed by atoms with E-state index in [1.165, 1.54) is 24.2 Å². The molecule has 1 heterocycles. The predicted octanol–water partition coefficient (Wildman–Crippen LogP) is 5.57. The highest BCUT2D eigenvalue weighted by Crippen LogP contribution is 2.60. The molecule has 0 spiro atoms. The van der Waals surface area contributed by atoms with E-state index in [4.69, 9.17) is 11.6 Å². The number of hydrogen-bond acceptors (Lipinski definition) is 3. The van der Waals surface area contributed by atoms with Crippen LogP contribution in [0.2, 0.25) is 5.02 Å². The third-order valence-corrected chi connectivity index (χ3v) is 9.31. The molecule has 4 bridgehead atoms. The lowest BCUT2D eigenvalue weighted by molar-refractivity contribution is -0.161. The molecule has 5 nitrogen and oxygen atoms in total. The number of hydrogen-bond donors (Lipinski definition) is 0. The minimum Gasteiger partial charge on any atom is -0.329 e. The van der Waals surface area contributed by atoms with Gasteiger partial charge in [-0.3, -0.25) is 14.4 Å². The van der Waals surface area contributed by atoms with Crippen molar-refractivity contribution in [3.63, 3.8) is 0 Å². The zero-order valence-corrected chi connectivity index (χ0v) is 21.5. The molecule has 1 aliphatic heterocycles. The number of rotatable bonds is 6. The summed E-state index contributed by atoms with van der Waals surface area (Å²) in [7, 11) is 0. The number of carbonyl (C=O) groups excluding carboxylic acids is 3. The summed E-state index contributed by atoms with van der Waals surface area (Å²) in [6.07, 6.45) is 7.18. The molecule has 3 amide bonds. The van der Waals surface area contributed by atoms with Crippen molar-refractivity contribution in [1.29, 1.82) is 0 Å². The summed E-state index contributed by atoms with van der Waals surface area (Å²) in [5.74, 6) is 1.45. The number of benzene rings is 2. The summed E-state index contributed by atoms with van der Waals surface area (Å²) in [4.78, 5) is 44.3. The highest BCUT2D eigenvalue weighted by molar-refractivity contribution is 6.30. The van der Waals surface area contributed by atoms with E-state index in [1.54, 1.807) is 4.90 Å². The van der Waals surface area contributed by atoms with E-state index in [9.17, 15) is 14.4 Å². The highest BCUT2D eigenvalue weighted by Gasteiger charge is 2.57. The first kappa shape index (κ1) is 23.7. The van der Waals surface area contributed by atoms with E-state index in [0.29, 0.717) is 41.4 Å². The summed E-state index contributed by atoms with van der Waals surface area (Å²) >= 11 is 6.22. The van der Waals surface area contributed by atoms with Crippen molar-refractivity contribution < 1.29 is 14.4 Å². The largest absolute Gasteiger partial charge is 0.329 e. The fourth-order valence-corrected chi connectivity index (χ4v) is 8.06. The normalized spacial score (nSPS) is 30.8. The number of imide groups is 1. The summed E-state index contributed by atoms with van der Waals surface area (Å²) in [6, 6.07) is 14.3. The second-order valence-electron chi connectivity index (χ2n) is 11.7. The van der Waals surface area contributed by atoms with E-state index in [-0.39, 0.29) is 29.6 Å². The zero-order valence-electron chi connectivity index (χ0n) is 20.8. The number of anilines is 1. The Labute approximate surface area is 217 Å². The van der Waals surface area contributed by atoms with Crippen LogP contribution in [-0.2, 0) is 20.8 Å². The van der Waals surface area contributed by atoms with Gasteiger partial charge in [0.1, 0.15) is 6.04 Å². The standard InChI is InChI=1S/C30H33ClN2O3/c1-19-5-7-25(8-6-19)33-27(34)15-26(28(33)35)32(10-9-20-3-2-4-24(31)14-20)29(36)30-16-21-11-22(17-30)13-23(12-21)18-30/h2-8,14,21-23,26H,9-13,15-18H2,1H3. The van der Waals surface area contributed by atoms with Crippen molar-refractivity contribution in [2.45, 2.75) is 64.3 Å². The second kappa shape index (κ2) is 9.02. The Kier molecular flexibility index (Phi) is 5.94. The van der Waals surface area contributed by atoms with E-state index in [1.807, 2.05) is 55.5 Å². The summed E-state index contributed by atoms with van der Waals surface area (Å²) < 4.78 is 0. The summed E-state index contributed by atoms with van der Waals surface area (Å²) in [5.41, 5.74) is 2.30. The van der Waals surface area contributed by atoms with Crippen molar-refractivity contribution >= 4 is 35.0 Å². The van der Waals surface area contributed by atoms with Crippen LogP contribution in [0.3, 0.4) is 0 Å². The highest BCUT2D eigenvalue weighted by atomic mass is 35.5. The molecule has 4 aliphatic carbocycles. The van der Waals surface area contributed by atoms with Crippen LogP contribution in [0, 0.1) is 30.1 Å². The van der Waals surface area contributed by atoms with Crippen molar-refractivity contribution in [1.82, 2.24) is 4.90 Å². The summed E-state index contributed by atoms with van der Waals surface area (Å²) in [5, 5.41) is 0.657. The Morgan fingerprint density at radius 1 is 1.00 bits per heavy atom. The number of carbonyl (C=O) groups is 3. The predicted molar refractivity (Wildman–Crippen MR) is 140 cm³/mol. The first-order valence-electron chi connectivity index (χ1n) is 13.3. The third kappa shape index (κ3) is 4.15. The molecule has 2 aromatic carbocycles. The minimum atomic E-state index is -0.751.